The maximum Gasteiger partial charge on any atom is 0.146 e. The van der Waals surface area contributed by atoms with Crippen LogP contribution in [0.4, 0.5) is 10.1 Å². The van der Waals surface area contributed by atoms with E-state index in [1.807, 2.05) is 11.0 Å². The van der Waals surface area contributed by atoms with Crippen molar-refractivity contribution in [2.45, 2.75) is 25.8 Å². The topological polar surface area (TPSA) is 12.5 Å². The maximum absolute atomic E-state index is 13.0. The summed E-state index contributed by atoms with van der Waals surface area (Å²) in [6, 6.07) is 10.5. The predicted molar refractivity (Wildman–Crippen MR) is 86.2 cm³/mol. The second-order valence-electron chi connectivity index (χ2n) is 5.29. The molecule has 1 aliphatic rings. The molecule has 0 aliphatic carbocycles. The van der Waals surface area contributed by atoms with Crippen LogP contribution in [0.3, 0.4) is 0 Å². The number of fused-ring (bicyclic) bond motifs is 1. The molecular weight excluding hydrogens is 333 g/mol. The van der Waals surface area contributed by atoms with Gasteiger partial charge >= 0.3 is 0 Å². The number of ether oxygens (including phenoxy) is 1. The first-order valence-corrected chi connectivity index (χ1v) is 7.70. The molecule has 2 aromatic carbocycles. The van der Waals surface area contributed by atoms with E-state index in [2.05, 4.69) is 36.0 Å². The average molecular weight is 349 g/mol. The number of hydrogen-bond donors (Lipinski definition) is 0. The van der Waals surface area contributed by atoms with Crippen LogP contribution < -0.4 is 9.64 Å². The van der Waals surface area contributed by atoms with Gasteiger partial charge in [0.1, 0.15) is 17.3 Å². The molecule has 3 rings (SSSR count). The summed E-state index contributed by atoms with van der Waals surface area (Å²) in [6.45, 7) is 2.17. The van der Waals surface area contributed by atoms with E-state index >= 15 is 0 Å². The lowest BCUT2D eigenvalue weighted by atomic mass is 9.96. The Morgan fingerprint density at radius 1 is 1.24 bits per heavy atom. The Labute approximate surface area is 132 Å². The standard InChI is InChI=1S/C17H16BrFNO/c1-11-3-8-14-16(20(11)2)10-9-15(18)17(14)21-13-6-4-12(19)5-7-13/h4-7,9-11H,2-3,8H2,1H3/t11-/m0/s1. The van der Waals surface area contributed by atoms with Gasteiger partial charge in [-0.1, -0.05) is 0 Å². The fraction of sp³-hybridized carbons (Fsp3) is 0.235. The molecule has 0 amide bonds. The molecule has 1 radical (unpaired) electrons. The van der Waals surface area contributed by atoms with Gasteiger partial charge in [0.2, 0.25) is 0 Å². The van der Waals surface area contributed by atoms with E-state index in [9.17, 15) is 4.39 Å². The van der Waals surface area contributed by atoms with E-state index in [-0.39, 0.29) is 5.82 Å². The zero-order valence-electron chi connectivity index (χ0n) is 11.8. The lowest BCUT2D eigenvalue weighted by Gasteiger charge is -2.34. The van der Waals surface area contributed by atoms with Crippen LogP contribution in [0, 0.1) is 12.9 Å². The second-order valence-corrected chi connectivity index (χ2v) is 6.14. The molecule has 0 bridgehead atoms. The van der Waals surface area contributed by atoms with Crippen molar-refractivity contribution in [3.63, 3.8) is 0 Å². The molecule has 0 saturated heterocycles. The van der Waals surface area contributed by atoms with Gasteiger partial charge in [0.05, 0.1) is 4.47 Å². The Balaban J connectivity index is 2.00. The second kappa shape index (κ2) is 5.68. The minimum Gasteiger partial charge on any atom is -0.456 e. The molecule has 0 spiro atoms. The molecular formula is C17H16BrFNO. The molecule has 1 aliphatic heterocycles. The van der Waals surface area contributed by atoms with Crippen molar-refractivity contribution in [1.29, 1.82) is 0 Å². The molecule has 21 heavy (non-hydrogen) atoms. The van der Waals surface area contributed by atoms with Crippen LogP contribution in [0.15, 0.2) is 40.9 Å². The fourth-order valence-electron chi connectivity index (χ4n) is 2.58. The van der Waals surface area contributed by atoms with Gasteiger partial charge in [-0.2, -0.15) is 0 Å². The Hall–Kier alpha value is -1.55. The highest BCUT2D eigenvalue weighted by Gasteiger charge is 2.24. The van der Waals surface area contributed by atoms with Gasteiger partial charge in [-0.05, 0) is 72.1 Å². The van der Waals surface area contributed by atoms with E-state index in [4.69, 9.17) is 4.74 Å². The summed E-state index contributed by atoms with van der Waals surface area (Å²) in [7, 11) is 4.12. The van der Waals surface area contributed by atoms with E-state index in [0.29, 0.717) is 11.8 Å². The quantitative estimate of drug-likeness (QED) is 0.728. The SMILES string of the molecule is [CH2]N1c2ccc(Br)c(Oc3ccc(F)cc3)c2CC[C@@H]1C. The molecule has 2 nitrogen and oxygen atoms in total. The predicted octanol–water partition coefficient (Wildman–Crippen LogP) is 5.31. The van der Waals surface area contributed by atoms with Crippen LogP contribution in [-0.4, -0.2) is 6.04 Å². The molecule has 2 aromatic rings. The van der Waals surface area contributed by atoms with Crippen LogP contribution >= 0.6 is 15.9 Å². The zero-order valence-corrected chi connectivity index (χ0v) is 13.4. The van der Waals surface area contributed by atoms with Crippen LogP contribution in [0.25, 0.3) is 0 Å². The third-order valence-corrected chi connectivity index (χ3v) is 4.50. The van der Waals surface area contributed by atoms with Crippen LogP contribution in [0.5, 0.6) is 11.5 Å². The van der Waals surface area contributed by atoms with Crippen LogP contribution in [0.1, 0.15) is 18.9 Å². The van der Waals surface area contributed by atoms with Gasteiger partial charge in [0.25, 0.3) is 0 Å². The Morgan fingerprint density at radius 2 is 1.95 bits per heavy atom. The van der Waals surface area contributed by atoms with E-state index in [1.165, 1.54) is 12.1 Å². The minimum absolute atomic E-state index is 0.269. The normalized spacial score (nSPS) is 17.5. The molecule has 0 fully saturated rings. The fourth-order valence-corrected chi connectivity index (χ4v) is 3.03. The molecule has 4 heteroatoms. The van der Waals surface area contributed by atoms with Gasteiger partial charge in [0.15, 0.2) is 0 Å². The number of anilines is 1. The van der Waals surface area contributed by atoms with Crippen molar-refractivity contribution in [3.8, 4) is 11.5 Å². The Morgan fingerprint density at radius 3 is 2.67 bits per heavy atom. The number of rotatable bonds is 2. The lowest BCUT2D eigenvalue weighted by molar-refractivity contribution is 0.465. The molecule has 0 saturated carbocycles. The first-order valence-electron chi connectivity index (χ1n) is 6.91. The van der Waals surface area contributed by atoms with E-state index < -0.39 is 0 Å². The van der Waals surface area contributed by atoms with Crippen molar-refractivity contribution in [1.82, 2.24) is 0 Å². The summed E-state index contributed by atoms with van der Waals surface area (Å²) in [5.74, 6) is 1.15. The van der Waals surface area contributed by atoms with E-state index in [0.717, 1.165) is 34.3 Å². The summed E-state index contributed by atoms with van der Waals surface area (Å²) < 4.78 is 19.9. The van der Waals surface area contributed by atoms with E-state index in [1.54, 1.807) is 12.1 Å². The monoisotopic (exact) mass is 348 g/mol. The summed E-state index contributed by atoms with van der Waals surface area (Å²) in [5, 5.41) is 0. The average Bonchev–Trinajstić information content (AvgIpc) is 2.48. The highest BCUT2D eigenvalue weighted by molar-refractivity contribution is 9.10. The number of hydrogen-bond acceptors (Lipinski definition) is 2. The largest absolute Gasteiger partial charge is 0.456 e. The van der Waals surface area contributed by atoms with Gasteiger partial charge in [-0.3, -0.25) is 0 Å². The molecule has 0 unspecified atom stereocenters. The first kappa shape index (κ1) is 14.4. The van der Waals surface area contributed by atoms with Crippen molar-refractivity contribution in [2.75, 3.05) is 4.90 Å². The molecule has 1 heterocycles. The molecule has 1 atom stereocenters. The summed E-state index contributed by atoms with van der Waals surface area (Å²) >= 11 is 3.54. The zero-order chi connectivity index (χ0) is 15.0. The number of halogens is 2. The summed E-state index contributed by atoms with van der Waals surface area (Å²) in [5.41, 5.74) is 2.23. The van der Waals surface area contributed by atoms with Gasteiger partial charge < -0.3 is 9.64 Å². The van der Waals surface area contributed by atoms with Crippen molar-refractivity contribution in [2.24, 2.45) is 0 Å². The third-order valence-electron chi connectivity index (χ3n) is 3.87. The third kappa shape index (κ3) is 2.77. The molecule has 0 N–H and O–H groups in total. The Bertz CT molecular complexity index is 657. The van der Waals surface area contributed by atoms with Crippen LogP contribution in [0.2, 0.25) is 0 Å². The van der Waals surface area contributed by atoms with Crippen molar-refractivity contribution in [3.05, 3.63) is 59.3 Å². The highest BCUT2D eigenvalue weighted by Crippen LogP contribution is 2.42. The molecule has 0 aromatic heterocycles. The minimum atomic E-state index is -0.269. The lowest BCUT2D eigenvalue weighted by Crippen LogP contribution is -2.31. The van der Waals surface area contributed by atoms with Crippen LogP contribution in [-0.2, 0) is 6.42 Å². The van der Waals surface area contributed by atoms with Gasteiger partial charge in [0, 0.05) is 24.3 Å². The number of nitrogens with zero attached hydrogens (tertiary/aromatic N) is 1. The van der Waals surface area contributed by atoms with Crippen molar-refractivity contribution >= 4 is 21.6 Å². The summed E-state index contributed by atoms with van der Waals surface area (Å²) in [6.07, 6.45) is 1.98. The Kier molecular flexibility index (Phi) is 3.89. The van der Waals surface area contributed by atoms with Crippen molar-refractivity contribution < 1.29 is 9.13 Å². The molecule has 109 valence electrons. The first-order chi connectivity index (χ1) is 10.1. The van der Waals surface area contributed by atoms with Gasteiger partial charge in [-0.15, -0.1) is 0 Å². The smallest absolute Gasteiger partial charge is 0.146 e. The highest BCUT2D eigenvalue weighted by atomic mass is 79.9. The maximum atomic E-state index is 13.0. The van der Waals surface area contributed by atoms with Gasteiger partial charge in [-0.25, -0.2) is 4.39 Å². The number of benzene rings is 2. The summed E-state index contributed by atoms with van der Waals surface area (Å²) in [4.78, 5) is 2.03.